The number of nitrogens with one attached hydrogen (secondary N) is 2. The lowest BCUT2D eigenvalue weighted by Gasteiger charge is -2.24. The normalized spacial score (nSPS) is 18.7. The molecule has 6 heteroatoms. The van der Waals surface area contributed by atoms with Crippen LogP contribution < -0.4 is 10.6 Å². The Bertz CT molecular complexity index is 646. The summed E-state index contributed by atoms with van der Waals surface area (Å²) in [5.74, 6) is 0. The van der Waals surface area contributed by atoms with Gasteiger partial charge in [0.1, 0.15) is 5.60 Å². The molecule has 1 amide bonds. The average molecular weight is 373 g/mol. The van der Waals surface area contributed by atoms with Gasteiger partial charge < -0.3 is 20.3 Å². The largest absolute Gasteiger partial charge is 0.444 e. The summed E-state index contributed by atoms with van der Waals surface area (Å²) in [6, 6.07) is 10.1. The molecule has 0 saturated carbocycles. The van der Waals surface area contributed by atoms with Gasteiger partial charge in [-0.15, -0.1) is 0 Å². The van der Waals surface area contributed by atoms with Crippen LogP contribution in [0.3, 0.4) is 0 Å². The molecule has 0 bridgehead atoms. The van der Waals surface area contributed by atoms with E-state index in [1.165, 1.54) is 0 Å². The van der Waals surface area contributed by atoms with Crippen molar-refractivity contribution in [1.82, 2.24) is 15.5 Å². The van der Waals surface area contributed by atoms with E-state index in [9.17, 15) is 4.79 Å². The van der Waals surface area contributed by atoms with Crippen LogP contribution in [-0.4, -0.2) is 55.4 Å². The Morgan fingerprint density at radius 3 is 2.63 bits per heavy atom. The van der Waals surface area contributed by atoms with Crippen LogP contribution in [0.15, 0.2) is 24.3 Å². The van der Waals surface area contributed by atoms with Crippen LogP contribution in [0.25, 0.3) is 0 Å². The molecule has 1 fully saturated rings. The van der Waals surface area contributed by atoms with Gasteiger partial charge in [0.05, 0.1) is 11.6 Å². The molecule has 1 heterocycles. The van der Waals surface area contributed by atoms with Crippen molar-refractivity contribution in [2.45, 2.75) is 57.7 Å². The van der Waals surface area contributed by atoms with Crippen molar-refractivity contribution in [3.63, 3.8) is 0 Å². The van der Waals surface area contributed by atoms with Gasteiger partial charge in [0.15, 0.2) is 0 Å². The molecule has 0 spiro atoms. The highest BCUT2D eigenvalue weighted by atomic mass is 16.6. The van der Waals surface area contributed by atoms with Gasteiger partial charge in [-0.1, -0.05) is 12.1 Å². The van der Waals surface area contributed by atoms with Crippen LogP contribution in [0, 0.1) is 11.3 Å². The Morgan fingerprint density at radius 1 is 1.37 bits per heavy atom. The van der Waals surface area contributed by atoms with Gasteiger partial charge in [-0.3, -0.25) is 0 Å². The van der Waals surface area contributed by atoms with Crippen molar-refractivity contribution in [2.75, 3.05) is 26.7 Å². The minimum atomic E-state index is -0.518. The summed E-state index contributed by atoms with van der Waals surface area (Å²) >= 11 is 0. The summed E-state index contributed by atoms with van der Waals surface area (Å²) in [5.41, 5.74) is 1.22. The van der Waals surface area contributed by atoms with E-state index >= 15 is 0 Å². The van der Waals surface area contributed by atoms with Crippen LogP contribution >= 0.6 is 0 Å². The lowest BCUT2D eigenvalue weighted by molar-refractivity contribution is 0.0501. The lowest BCUT2D eigenvalue weighted by atomic mass is 10.0. The highest BCUT2D eigenvalue weighted by Gasteiger charge is 2.21. The van der Waals surface area contributed by atoms with Gasteiger partial charge in [0, 0.05) is 18.6 Å². The van der Waals surface area contributed by atoms with Gasteiger partial charge >= 0.3 is 6.09 Å². The van der Waals surface area contributed by atoms with E-state index in [1.54, 1.807) is 0 Å². The third-order valence-electron chi connectivity index (χ3n) is 4.60. The maximum atomic E-state index is 12.2. The predicted octanol–water partition coefficient (Wildman–Crippen LogP) is 2.68. The minimum Gasteiger partial charge on any atom is -0.444 e. The SMILES string of the molecule is CN1CC[C@H](NCC[C@@H](Cc2ccc(C#N)cc2)NC(=O)OC(C)(C)C)C1. The van der Waals surface area contributed by atoms with E-state index in [2.05, 4.69) is 28.7 Å². The molecule has 1 saturated heterocycles. The molecule has 1 aliphatic heterocycles. The first kappa shape index (κ1) is 21.2. The van der Waals surface area contributed by atoms with E-state index in [-0.39, 0.29) is 12.1 Å². The second-order valence-electron chi connectivity index (χ2n) is 8.35. The number of rotatable bonds is 7. The maximum absolute atomic E-state index is 12.2. The third kappa shape index (κ3) is 7.98. The number of carbonyl (C=O) groups is 1. The molecule has 0 radical (unpaired) electrons. The highest BCUT2D eigenvalue weighted by Crippen LogP contribution is 2.12. The van der Waals surface area contributed by atoms with Gasteiger partial charge in [-0.25, -0.2) is 4.79 Å². The molecule has 2 N–H and O–H groups in total. The molecule has 0 unspecified atom stereocenters. The number of alkyl carbamates (subject to hydrolysis) is 1. The zero-order chi connectivity index (χ0) is 19.9. The molecular formula is C21H32N4O2. The number of amides is 1. The number of likely N-dealkylation sites (N-methyl/N-ethyl adjacent to an activating group) is 1. The Balaban J connectivity index is 1.91. The summed E-state index contributed by atoms with van der Waals surface area (Å²) in [6.45, 7) is 8.62. The van der Waals surface area contributed by atoms with Gasteiger partial charge in [0.25, 0.3) is 0 Å². The number of hydrogen-bond donors (Lipinski definition) is 2. The van der Waals surface area contributed by atoms with Crippen LogP contribution in [0.1, 0.15) is 44.7 Å². The zero-order valence-corrected chi connectivity index (χ0v) is 16.9. The number of benzene rings is 1. The van der Waals surface area contributed by atoms with Gasteiger partial charge in [0.2, 0.25) is 0 Å². The Hall–Kier alpha value is -2.10. The number of ether oxygens (including phenoxy) is 1. The molecule has 1 aromatic carbocycles. The maximum Gasteiger partial charge on any atom is 0.407 e. The number of likely N-dealkylation sites (tertiary alicyclic amines) is 1. The Kier molecular flexibility index (Phi) is 7.64. The quantitative estimate of drug-likeness (QED) is 0.769. The fraction of sp³-hybridized carbons (Fsp3) is 0.619. The molecule has 27 heavy (non-hydrogen) atoms. The van der Waals surface area contributed by atoms with Crippen molar-refractivity contribution in [3.05, 3.63) is 35.4 Å². The van der Waals surface area contributed by atoms with Crippen molar-refractivity contribution < 1.29 is 9.53 Å². The van der Waals surface area contributed by atoms with E-state index in [0.717, 1.165) is 38.0 Å². The lowest BCUT2D eigenvalue weighted by Crippen LogP contribution is -2.42. The first-order chi connectivity index (χ1) is 12.7. The first-order valence-corrected chi connectivity index (χ1v) is 9.65. The molecule has 1 aromatic rings. The minimum absolute atomic E-state index is 0.0283. The number of carbonyl (C=O) groups excluding carboxylic acids is 1. The van der Waals surface area contributed by atoms with Crippen LogP contribution in [0.5, 0.6) is 0 Å². The monoisotopic (exact) mass is 372 g/mol. The number of hydrogen-bond acceptors (Lipinski definition) is 5. The van der Waals surface area contributed by atoms with Crippen molar-refractivity contribution >= 4 is 6.09 Å². The fourth-order valence-corrected chi connectivity index (χ4v) is 3.26. The van der Waals surface area contributed by atoms with Crippen LogP contribution in [0.4, 0.5) is 4.79 Å². The van der Waals surface area contributed by atoms with E-state index in [1.807, 2.05) is 45.0 Å². The van der Waals surface area contributed by atoms with Crippen molar-refractivity contribution in [2.24, 2.45) is 0 Å². The number of nitriles is 1. The molecule has 148 valence electrons. The topological polar surface area (TPSA) is 77.4 Å². The Morgan fingerprint density at radius 2 is 2.07 bits per heavy atom. The highest BCUT2D eigenvalue weighted by molar-refractivity contribution is 5.68. The second-order valence-corrected chi connectivity index (χ2v) is 8.35. The van der Waals surface area contributed by atoms with E-state index in [4.69, 9.17) is 10.00 Å². The summed E-state index contributed by atoms with van der Waals surface area (Å²) in [6.07, 6.45) is 2.30. The summed E-state index contributed by atoms with van der Waals surface area (Å²) < 4.78 is 5.42. The molecule has 1 aliphatic rings. The third-order valence-corrected chi connectivity index (χ3v) is 4.60. The zero-order valence-electron chi connectivity index (χ0n) is 16.9. The summed E-state index contributed by atoms with van der Waals surface area (Å²) in [7, 11) is 2.14. The standard InChI is InChI=1S/C21H32N4O2/c1-21(2,3)27-20(26)24-18(9-11-23-19-10-12-25(4)15-19)13-16-5-7-17(14-22)8-6-16/h5-8,18-19,23H,9-13,15H2,1-4H3,(H,24,26)/t18-,19-/m0/s1. The van der Waals surface area contributed by atoms with Gasteiger partial charge in [-0.2, -0.15) is 5.26 Å². The summed E-state index contributed by atoms with van der Waals surface area (Å²) in [5, 5.41) is 15.5. The molecular weight excluding hydrogens is 340 g/mol. The van der Waals surface area contributed by atoms with Crippen molar-refractivity contribution in [1.29, 1.82) is 5.26 Å². The molecule has 0 aromatic heterocycles. The van der Waals surface area contributed by atoms with E-state index < -0.39 is 5.60 Å². The predicted molar refractivity (Wildman–Crippen MR) is 107 cm³/mol. The molecule has 6 nitrogen and oxygen atoms in total. The molecule has 0 aliphatic carbocycles. The molecule has 2 rings (SSSR count). The van der Waals surface area contributed by atoms with Crippen LogP contribution in [-0.2, 0) is 11.2 Å². The fourth-order valence-electron chi connectivity index (χ4n) is 3.26. The summed E-state index contributed by atoms with van der Waals surface area (Å²) in [4.78, 5) is 14.5. The smallest absolute Gasteiger partial charge is 0.407 e. The second kappa shape index (κ2) is 9.72. The van der Waals surface area contributed by atoms with E-state index in [0.29, 0.717) is 18.0 Å². The Labute approximate surface area is 162 Å². The van der Waals surface area contributed by atoms with Crippen LogP contribution in [0.2, 0.25) is 0 Å². The number of nitrogens with zero attached hydrogens (tertiary/aromatic N) is 2. The van der Waals surface area contributed by atoms with Gasteiger partial charge in [-0.05, 0) is 77.9 Å². The average Bonchev–Trinajstić information content (AvgIpc) is 2.99. The van der Waals surface area contributed by atoms with Crippen molar-refractivity contribution in [3.8, 4) is 6.07 Å². The first-order valence-electron chi connectivity index (χ1n) is 9.65. The molecule has 2 atom stereocenters.